The average molecular weight is 306 g/mol. The summed E-state index contributed by atoms with van der Waals surface area (Å²) >= 11 is 0. The van der Waals surface area contributed by atoms with Gasteiger partial charge in [-0.05, 0) is 45.7 Å². The quantitative estimate of drug-likeness (QED) is 0.486. The minimum atomic E-state index is -0.487. The maximum absolute atomic E-state index is 12.3. The van der Waals surface area contributed by atoms with E-state index >= 15 is 0 Å². The minimum Gasteiger partial charge on any atom is -0.459 e. The van der Waals surface area contributed by atoms with Crippen molar-refractivity contribution < 1.29 is 14.5 Å². The molecule has 0 saturated carbocycles. The Morgan fingerprint density at radius 2 is 2.00 bits per heavy atom. The van der Waals surface area contributed by atoms with E-state index in [4.69, 9.17) is 4.74 Å². The summed E-state index contributed by atoms with van der Waals surface area (Å²) in [6, 6.07) is 6.24. The fourth-order valence-corrected chi connectivity index (χ4v) is 2.61. The molecule has 1 atom stereocenters. The van der Waals surface area contributed by atoms with E-state index in [0.717, 1.165) is 24.9 Å². The summed E-state index contributed by atoms with van der Waals surface area (Å²) in [6.45, 7) is 7.02. The minimum absolute atomic E-state index is 0.0777. The Morgan fingerprint density at radius 1 is 1.36 bits per heavy atom. The lowest BCUT2D eigenvalue weighted by Crippen LogP contribution is -2.40. The number of hydrogen-bond acceptors (Lipinski definition) is 5. The lowest BCUT2D eigenvalue weighted by atomic mass is 10.1. The van der Waals surface area contributed by atoms with Crippen LogP contribution in [0.3, 0.4) is 0 Å². The number of nitro groups is 1. The smallest absolute Gasteiger partial charge is 0.323 e. The summed E-state index contributed by atoms with van der Waals surface area (Å²) in [6.07, 6.45) is 1.75. The predicted octanol–water partition coefficient (Wildman–Crippen LogP) is 2.90. The Morgan fingerprint density at radius 3 is 2.55 bits per heavy atom. The van der Waals surface area contributed by atoms with Gasteiger partial charge in [0.2, 0.25) is 0 Å². The number of likely N-dealkylation sites (tertiary alicyclic amines) is 1. The average Bonchev–Trinajstić information content (AvgIpc) is 2.85. The number of carbonyl (C=O) groups excluding carboxylic acids is 1. The molecule has 120 valence electrons. The van der Waals surface area contributed by atoms with Crippen LogP contribution >= 0.6 is 0 Å². The summed E-state index contributed by atoms with van der Waals surface area (Å²) in [5.74, 6) is -0.188. The van der Waals surface area contributed by atoms with Crippen molar-refractivity contribution in [2.45, 2.75) is 51.8 Å². The summed E-state index contributed by atoms with van der Waals surface area (Å²) < 4.78 is 5.47. The van der Waals surface area contributed by atoms with E-state index in [-0.39, 0.29) is 17.7 Å². The van der Waals surface area contributed by atoms with Crippen molar-refractivity contribution in [1.82, 2.24) is 4.90 Å². The van der Waals surface area contributed by atoms with Gasteiger partial charge in [-0.3, -0.25) is 19.8 Å². The molecule has 0 radical (unpaired) electrons. The van der Waals surface area contributed by atoms with E-state index in [1.54, 1.807) is 12.1 Å². The lowest BCUT2D eigenvalue weighted by Gasteiger charge is -2.27. The largest absolute Gasteiger partial charge is 0.459 e. The van der Waals surface area contributed by atoms with Crippen LogP contribution in [0.15, 0.2) is 24.3 Å². The fourth-order valence-electron chi connectivity index (χ4n) is 2.61. The van der Waals surface area contributed by atoms with E-state index in [9.17, 15) is 14.9 Å². The van der Waals surface area contributed by atoms with Gasteiger partial charge in [0.25, 0.3) is 5.69 Å². The third kappa shape index (κ3) is 4.27. The van der Waals surface area contributed by atoms with Gasteiger partial charge in [0, 0.05) is 18.7 Å². The van der Waals surface area contributed by atoms with E-state index in [1.807, 2.05) is 20.8 Å². The number of nitrogens with zero attached hydrogens (tertiary/aromatic N) is 2. The second-order valence-corrected chi connectivity index (χ2v) is 6.59. The van der Waals surface area contributed by atoms with Crippen LogP contribution in [0.4, 0.5) is 5.69 Å². The van der Waals surface area contributed by atoms with Crippen LogP contribution in [0.2, 0.25) is 0 Å². The molecule has 1 aromatic rings. The maximum Gasteiger partial charge on any atom is 0.323 e. The highest BCUT2D eigenvalue weighted by molar-refractivity contribution is 5.76. The first-order valence-electron chi connectivity index (χ1n) is 7.46. The highest BCUT2D eigenvalue weighted by Gasteiger charge is 2.33. The standard InChI is InChI=1S/C16H22N2O4/c1-16(2,3)22-15(19)14-5-4-10-17(14)11-12-6-8-13(9-7-12)18(20)21/h6-9,14H,4-5,10-11H2,1-3H3/t14-/m0/s1. The maximum atomic E-state index is 12.3. The van der Waals surface area contributed by atoms with E-state index in [2.05, 4.69) is 4.90 Å². The molecule has 0 spiro atoms. The Balaban J connectivity index is 2.02. The Kier molecular flexibility index (Phi) is 4.81. The van der Waals surface area contributed by atoms with Gasteiger partial charge in [-0.2, -0.15) is 0 Å². The number of ether oxygens (including phenoxy) is 1. The molecule has 1 heterocycles. The number of benzene rings is 1. The summed E-state index contributed by atoms with van der Waals surface area (Å²) in [5, 5.41) is 10.7. The summed E-state index contributed by atoms with van der Waals surface area (Å²) in [7, 11) is 0. The number of hydrogen-bond donors (Lipinski definition) is 0. The van der Waals surface area contributed by atoms with Gasteiger partial charge in [0.1, 0.15) is 11.6 Å². The number of esters is 1. The van der Waals surface area contributed by atoms with Gasteiger partial charge in [-0.1, -0.05) is 12.1 Å². The molecule has 0 aromatic heterocycles. The molecule has 1 aliphatic rings. The van der Waals surface area contributed by atoms with Gasteiger partial charge >= 0.3 is 5.97 Å². The molecule has 6 heteroatoms. The van der Waals surface area contributed by atoms with Gasteiger partial charge < -0.3 is 4.74 Å². The SMILES string of the molecule is CC(C)(C)OC(=O)[C@@H]1CCCN1Cc1ccc([N+](=O)[O-])cc1. The van der Waals surface area contributed by atoms with Crippen molar-refractivity contribution in [1.29, 1.82) is 0 Å². The molecule has 0 amide bonds. The van der Waals surface area contributed by atoms with Crippen LogP contribution in [-0.2, 0) is 16.1 Å². The van der Waals surface area contributed by atoms with E-state index in [1.165, 1.54) is 12.1 Å². The first kappa shape index (κ1) is 16.4. The molecular weight excluding hydrogens is 284 g/mol. The Hall–Kier alpha value is -1.95. The van der Waals surface area contributed by atoms with Crippen molar-refractivity contribution in [2.75, 3.05) is 6.54 Å². The zero-order valence-corrected chi connectivity index (χ0v) is 13.2. The van der Waals surface area contributed by atoms with Crippen molar-refractivity contribution in [3.63, 3.8) is 0 Å². The molecule has 6 nitrogen and oxygen atoms in total. The third-order valence-corrected chi connectivity index (χ3v) is 3.58. The normalized spacial score (nSPS) is 19.1. The monoisotopic (exact) mass is 306 g/mol. The topological polar surface area (TPSA) is 72.7 Å². The highest BCUT2D eigenvalue weighted by Crippen LogP contribution is 2.23. The van der Waals surface area contributed by atoms with Crippen LogP contribution < -0.4 is 0 Å². The van der Waals surface area contributed by atoms with Crippen LogP contribution in [0, 0.1) is 10.1 Å². The second kappa shape index (κ2) is 6.44. The Bertz CT molecular complexity index is 548. The first-order valence-corrected chi connectivity index (χ1v) is 7.46. The molecule has 0 aliphatic carbocycles. The van der Waals surface area contributed by atoms with Crippen molar-refractivity contribution in [3.05, 3.63) is 39.9 Å². The fraction of sp³-hybridized carbons (Fsp3) is 0.562. The second-order valence-electron chi connectivity index (χ2n) is 6.59. The zero-order chi connectivity index (χ0) is 16.3. The van der Waals surface area contributed by atoms with Crippen molar-refractivity contribution in [3.8, 4) is 0 Å². The molecular formula is C16H22N2O4. The van der Waals surface area contributed by atoms with Gasteiger partial charge in [-0.15, -0.1) is 0 Å². The van der Waals surface area contributed by atoms with Gasteiger partial charge in [0.05, 0.1) is 4.92 Å². The number of carbonyl (C=O) groups is 1. The molecule has 0 unspecified atom stereocenters. The number of rotatable bonds is 4. The summed E-state index contributed by atoms with van der Waals surface area (Å²) in [5.41, 5.74) is 0.550. The van der Waals surface area contributed by atoms with Crippen LogP contribution in [0.1, 0.15) is 39.2 Å². The molecule has 1 aliphatic heterocycles. The molecule has 0 N–H and O–H groups in total. The molecule has 1 aromatic carbocycles. The molecule has 22 heavy (non-hydrogen) atoms. The zero-order valence-electron chi connectivity index (χ0n) is 13.2. The summed E-state index contributed by atoms with van der Waals surface area (Å²) in [4.78, 5) is 24.6. The number of non-ortho nitro benzene ring substituents is 1. The third-order valence-electron chi connectivity index (χ3n) is 3.58. The molecule has 0 bridgehead atoms. The van der Waals surface area contributed by atoms with Gasteiger partial charge in [0.15, 0.2) is 0 Å². The van der Waals surface area contributed by atoms with E-state index in [0.29, 0.717) is 6.54 Å². The molecule has 1 saturated heterocycles. The van der Waals surface area contributed by atoms with Crippen LogP contribution in [0.25, 0.3) is 0 Å². The van der Waals surface area contributed by atoms with Crippen LogP contribution in [-0.4, -0.2) is 34.0 Å². The van der Waals surface area contributed by atoms with Crippen molar-refractivity contribution in [2.24, 2.45) is 0 Å². The molecule has 2 rings (SSSR count). The predicted molar refractivity (Wildman–Crippen MR) is 82.4 cm³/mol. The Labute approximate surface area is 130 Å². The number of nitro benzene ring substituents is 1. The highest BCUT2D eigenvalue weighted by atomic mass is 16.6. The molecule has 1 fully saturated rings. The van der Waals surface area contributed by atoms with Crippen molar-refractivity contribution >= 4 is 11.7 Å². The lowest BCUT2D eigenvalue weighted by molar-refractivity contribution is -0.384. The van der Waals surface area contributed by atoms with E-state index < -0.39 is 10.5 Å². The van der Waals surface area contributed by atoms with Gasteiger partial charge in [-0.25, -0.2) is 0 Å². The van der Waals surface area contributed by atoms with Crippen LogP contribution in [0.5, 0.6) is 0 Å². The first-order chi connectivity index (χ1) is 10.3.